The number of nitrogens with one attached hydrogen (secondary N) is 2. The predicted molar refractivity (Wildman–Crippen MR) is 99.9 cm³/mol. The minimum atomic E-state index is -0.255. The van der Waals surface area contributed by atoms with E-state index in [9.17, 15) is 4.39 Å². The Hall–Kier alpha value is -2.58. The van der Waals surface area contributed by atoms with Crippen molar-refractivity contribution in [2.24, 2.45) is 0 Å². The van der Waals surface area contributed by atoms with E-state index in [1.165, 1.54) is 23.9 Å². The van der Waals surface area contributed by atoms with Gasteiger partial charge in [-0.1, -0.05) is 12.1 Å². The molecule has 0 aliphatic heterocycles. The lowest BCUT2D eigenvalue weighted by Crippen LogP contribution is -2.27. The molecule has 0 atom stereocenters. The SMILES string of the molecule is Fc1ccc(CNC(=S)Nc2ccc(Sc3ncccn3)nc2)cc1. The highest BCUT2D eigenvalue weighted by molar-refractivity contribution is 7.99. The Morgan fingerprint density at radius 3 is 2.48 bits per heavy atom. The van der Waals surface area contributed by atoms with Gasteiger partial charge >= 0.3 is 0 Å². The van der Waals surface area contributed by atoms with E-state index in [0.717, 1.165) is 16.3 Å². The number of benzene rings is 1. The minimum Gasteiger partial charge on any atom is -0.358 e. The van der Waals surface area contributed by atoms with Gasteiger partial charge in [0.15, 0.2) is 10.3 Å². The molecule has 0 radical (unpaired) electrons. The highest BCUT2D eigenvalue weighted by atomic mass is 32.2. The smallest absolute Gasteiger partial charge is 0.193 e. The fourth-order valence-electron chi connectivity index (χ4n) is 1.91. The second-order valence-corrected chi connectivity index (χ2v) is 6.35. The summed E-state index contributed by atoms with van der Waals surface area (Å²) in [6.07, 6.45) is 5.07. The van der Waals surface area contributed by atoms with Crippen LogP contribution in [0.4, 0.5) is 10.1 Å². The molecule has 0 unspecified atom stereocenters. The van der Waals surface area contributed by atoms with Crippen LogP contribution in [0.25, 0.3) is 0 Å². The topological polar surface area (TPSA) is 62.7 Å². The van der Waals surface area contributed by atoms with Crippen molar-refractivity contribution in [3.8, 4) is 0 Å². The first-order valence-corrected chi connectivity index (χ1v) is 8.62. The second-order valence-electron chi connectivity index (χ2n) is 4.95. The number of pyridine rings is 1. The first kappa shape index (κ1) is 17.2. The van der Waals surface area contributed by atoms with E-state index >= 15 is 0 Å². The van der Waals surface area contributed by atoms with Gasteiger partial charge < -0.3 is 10.6 Å². The van der Waals surface area contributed by atoms with E-state index in [1.54, 1.807) is 36.8 Å². The van der Waals surface area contributed by atoms with Gasteiger partial charge in [0, 0.05) is 18.9 Å². The number of anilines is 1. The number of thiocarbonyl (C=S) groups is 1. The van der Waals surface area contributed by atoms with Gasteiger partial charge in [-0.3, -0.25) is 0 Å². The van der Waals surface area contributed by atoms with E-state index in [-0.39, 0.29) is 5.82 Å². The van der Waals surface area contributed by atoms with Crippen LogP contribution in [0.1, 0.15) is 5.56 Å². The average molecular weight is 371 g/mol. The van der Waals surface area contributed by atoms with Crippen molar-refractivity contribution in [2.75, 3.05) is 5.32 Å². The molecule has 8 heteroatoms. The van der Waals surface area contributed by atoms with Gasteiger partial charge in [-0.15, -0.1) is 0 Å². The van der Waals surface area contributed by atoms with E-state index in [1.807, 2.05) is 12.1 Å². The molecule has 0 bridgehead atoms. The largest absolute Gasteiger partial charge is 0.358 e. The molecule has 1 aromatic carbocycles. The first-order valence-electron chi connectivity index (χ1n) is 7.39. The van der Waals surface area contributed by atoms with Crippen LogP contribution < -0.4 is 10.6 Å². The third-order valence-corrected chi connectivity index (χ3v) is 4.19. The summed E-state index contributed by atoms with van der Waals surface area (Å²) in [6.45, 7) is 0.513. The molecule has 2 aromatic heterocycles. The van der Waals surface area contributed by atoms with Gasteiger partial charge in [-0.25, -0.2) is 19.3 Å². The molecule has 0 saturated heterocycles. The van der Waals surface area contributed by atoms with Gasteiger partial charge in [-0.2, -0.15) is 0 Å². The Morgan fingerprint density at radius 2 is 1.80 bits per heavy atom. The molecule has 0 fully saturated rings. The summed E-state index contributed by atoms with van der Waals surface area (Å²) in [5, 5.41) is 8.03. The average Bonchev–Trinajstić information content (AvgIpc) is 2.64. The lowest BCUT2D eigenvalue weighted by molar-refractivity contribution is 0.627. The molecule has 5 nitrogen and oxygen atoms in total. The molecule has 0 saturated carbocycles. The minimum absolute atomic E-state index is 0.255. The highest BCUT2D eigenvalue weighted by Crippen LogP contribution is 2.22. The summed E-state index contributed by atoms with van der Waals surface area (Å²) in [6, 6.07) is 11.8. The van der Waals surface area contributed by atoms with Crippen molar-refractivity contribution < 1.29 is 4.39 Å². The normalized spacial score (nSPS) is 10.3. The number of nitrogens with zero attached hydrogens (tertiary/aromatic N) is 3. The van der Waals surface area contributed by atoms with Crippen molar-refractivity contribution >= 4 is 34.8 Å². The zero-order chi connectivity index (χ0) is 17.5. The summed E-state index contributed by atoms with van der Waals surface area (Å²) in [5.41, 5.74) is 1.72. The zero-order valence-electron chi connectivity index (χ0n) is 13.0. The summed E-state index contributed by atoms with van der Waals surface area (Å²) in [4.78, 5) is 12.6. The Morgan fingerprint density at radius 1 is 1.04 bits per heavy atom. The molecule has 0 aliphatic carbocycles. The molecule has 25 heavy (non-hydrogen) atoms. The molecule has 0 spiro atoms. The van der Waals surface area contributed by atoms with E-state index in [2.05, 4.69) is 25.6 Å². The maximum absolute atomic E-state index is 12.9. The predicted octanol–water partition coefficient (Wildman–Crippen LogP) is 3.65. The Bertz CT molecular complexity index is 826. The van der Waals surface area contributed by atoms with Crippen LogP contribution in [0.15, 0.2) is 71.2 Å². The molecule has 3 aromatic rings. The fraction of sp³-hybridized carbons (Fsp3) is 0.0588. The molecular weight excluding hydrogens is 357 g/mol. The van der Waals surface area contributed by atoms with Crippen LogP contribution in [-0.2, 0) is 6.54 Å². The van der Waals surface area contributed by atoms with Gasteiger partial charge in [-0.05, 0) is 59.9 Å². The highest BCUT2D eigenvalue weighted by Gasteiger charge is 2.03. The second kappa shape index (κ2) is 8.50. The van der Waals surface area contributed by atoms with Crippen molar-refractivity contribution in [1.82, 2.24) is 20.3 Å². The third kappa shape index (κ3) is 5.47. The number of aromatic nitrogens is 3. The van der Waals surface area contributed by atoms with Crippen LogP contribution in [0, 0.1) is 5.82 Å². The third-order valence-electron chi connectivity index (χ3n) is 3.10. The maximum Gasteiger partial charge on any atom is 0.193 e. The van der Waals surface area contributed by atoms with Gasteiger partial charge in [0.25, 0.3) is 0 Å². The monoisotopic (exact) mass is 371 g/mol. The number of rotatable bonds is 5. The van der Waals surface area contributed by atoms with Crippen molar-refractivity contribution in [1.29, 1.82) is 0 Å². The lowest BCUT2D eigenvalue weighted by Gasteiger charge is -2.10. The summed E-state index contributed by atoms with van der Waals surface area (Å²) < 4.78 is 12.9. The van der Waals surface area contributed by atoms with Crippen LogP contribution >= 0.6 is 24.0 Å². The van der Waals surface area contributed by atoms with E-state index < -0.39 is 0 Å². The van der Waals surface area contributed by atoms with E-state index in [4.69, 9.17) is 12.2 Å². The molecule has 126 valence electrons. The van der Waals surface area contributed by atoms with Crippen molar-refractivity contribution in [2.45, 2.75) is 16.7 Å². The number of hydrogen-bond donors (Lipinski definition) is 2. The van der Waals surface area contributed by atoms with Crippen LogP contribution in [0.2, 0.25) is 0 Å². The molecule has 2 heterocycles. The molecular formula is C17H14FN5S2. The van der Waals surface area contributed by atoms with Crippen molar-refractivity contribution in [3.05, 3.63) is 72.4 Å². The standard InChI is InChI=1S/C17H14FN5S2/c18-13-4-2-12(3-5-13)10-22-16(24)23-14-6-7-15(21-11-14)25-17-19-8-1-9-20-17/h1-9,11H,10H2,(H2,22,23,24). The summed E-state index contributed by atoms with van der Waals surface area (Å²) >= 11 is 6.63. The van der Waals surface area contributed by atoms with E-state index in [0.29, 0.717) is 16.8 Å². The number of halogens is 1. The van der Waals surface area contributed by atoms with Crippen LogP contribution in [0.5, 0.6) is 0 Å². The van der Waals surface area contributed by atoms with Crippen LogP contribution in [-0.4, -0.2) is 20.1 Å². The molecule has 2 N–H and O–H groups in total. The van der Waals surface area contributed by atoms with Gasteiger partial charge in [0.2, 0.25) is 0 Å². The number of hydrogen-bond acceptors (Lipinski definition) is 5. The summed E-state index contributed by atoms with van der Waals surface area (Å²) in [7, 11) is 0. The first-order chi connectivity index (χ1) is 12.2. The summed E-state index contributed by atoms with van der Waals surface area (Å²) in [5.74, 6) is -0.255. The van der Waals surface area contributed by atoms with Gasteiger partial charge in [0.05, 0.1) is 11.9 Å². The maximum atomic E-state index is 12.9. The molecule has 0 aliphatic rings. The Balaban J connectivity index is 1.50. The quantitative estimate of drug-likeness (QED) is 0.524. The van der Waals surface area contributed by atoms with Gasteiger partial charge in [0.1, 0.15) is 10.8 Å². The fourth-order valence-corrected chi connectivity index (χ4v) is 2.75. The lowest BCUT2D eigenvalue weighted by atomic mass is 10.2. The van der Waals surface area contributed by atoms with Crippen LogP contribution in [0.3, 0.4) is 0 Å². The Labute approximate surface area is 154 Å². The molecule has 0 amide bonds. The molecule has 3 rings (SSSR count). The van der Waals surface area contributed by atoms with Crippen molar-refractivity contribution in [3.63, 3.8) is 0 Å². The zero-order valence-corrected chi connectivity index (χ0v) is 14.6. The Kier molecular flexibility index (Phi) is 5.86.